The minimum atomic E-state index is -3.54. The van der Waals surface area contributed by atoms with Crippen molar-refractivity contribution in [3.8, 4) is 0 Å². The highest BCUT2D eigenvalue weighted by atomic mass is 32.2. The average molecular weight is 334 g/mol. The summed E-state index contributed by atoms with van der Waals surface area (Å²) < 4.78 is 31.6. The normalized spacial score (nSPS) is 19.7. The molecule has 7 nitrogen and oxygen atoms in total. The Kier molecular flexibility index (Phi) is 5.71. The third-order valence-corrected chi connectivity index (χ3v) is 6.01. The van der Waals surface area contributed by atoms with Crippen molar-refractivity contribution in [1.82, 2.24) is 9.62 Å². The van der Waals surface area contributed by atoms with Gasteiger partial charge in [-0.15, -0.1) is 11.3 Å². The molecule has 2 heterocycles. The van der Waals surface area contributed by atoms with Crippen molar-refractivity contribution >= 4 is 27.3 Å². The largest absolute Gasteiger partial charge is 0.394 e. The van der Waals surface area contributed by atoms with Crippen molar-refractivity contribution in [2.24, 2.45) is 0 Å². The Bertz CT molecular complexity index is 558. The molecule has 0 aliphatic carbocycles. The van der Waals surface area contributed by atoms with E-state index in [0.29, 0.717) is 19.8 Å². The molecule has 1 atom stereocenters. The summed E-state index contributed by atoms with van der Waals surface area (Å²) in [6.07, 6.45) is 0.0567. The fourth-order valence-corrected chi connectivity index (χ4v) is 4.13. The summed E-state index contributed by atoms with van der Waals surface area (Å²) in [6.45, 7) is 1.04. The molecule has 0 saturated carbocycles. The van der Waals surface area contributed by atoms with Crippen LogP contribution in [0.4, 0.5) is 0 Å². The Labute approximate surface area is 127 Å². The van der Waals surface area contributed by atoms with Gasteiger partial charge in [0.2, 0.25) is 15.9 Å². The molecule has 1 aliphatic rings. The molecule has 2 rings (SSSR count). The minimum Gasteiger partial charge on any atom is -0.394 e. The molecule has 1 saturated heterocycles. The van der Waals surface area contributed by atoms with Crippen LogP contribution < -0.4 is 4.72 Å². The SMILES string of the molecule is O=C(CCNS(=O)(=O)c1cccs1)N1CCOCC1CO. The zero-order valence-electron chi connectivity index (χ0n) is 11.4. The van der Waals surface area contributed by atoms with Crippen LogP contribution in [0.3, 0.4) is 0 Å². The van der Waals surface area contributed by atoms with E-state index in [1.165, 1.54) is 6.07 Å². The van der Waals surface area contributed by atoms with Crippen molar-refractivity contribution in [3.05, 3.63) is 17.5 Å². The Morgan fingerprint density at radius 3 is 3.05 bits per heavy atom. The van der Waals surface area contributed by atoms with Gasteiger partial charge in [0, 0.05) is 19.5 Å². The highest BCUT2D eigenvalue weighted by molar-refractivity contribution is 7.91. The summed E-state index contributed by atoms with van der Waals surface area (Å²) in [5.41, 5.74) is 0. The van der Waals surface area contributed by atoms with Crippen LogP contribution in [0, 0.1) is 0 Å². The van der Waals surface area contributed by atoms with E-state index in [2.05, 4.69) is 4.72 Å². The molecular formula is C12H18N2O5S2. The van der Waals surface area contributed by atoms with Crippen LogP contribution in [0.2, 0.25) is 0 Å². The lowest BCUT2D eigenvalue weighted by Crippen LogP contribution is -2.51. The number of amides is 1. The highest BCUT2D eigenvalue weighted by Crippen LogP contribution is 2.15. The second-order valence-electron chi connectivity index (χ2n) is 4.58. The number of nitrogens with one attached hydrogen (secondary N) is 1. The molecular weight excluding hydrogens is 316 g/mol. The summed E-state index contributed by atoms with van der Waals surface area (Å²) in [7, 11) is -3.54. The molecule has 0 aromatic carbocycles. The number of hydrogen-bond acceptors (Lipinski definition) is 6. The molecule has 1 unspecified atom stereocenters. The monoisotopic (exact) mass is 334 g/mol. The summed E-state index contributed by atoms with van der Waals surface area (Å²) in [6, 6.07) is 2.82. The molecule has 1 aromatic heterocycles. The maximum atomic E-state index is 12.1. The van der Waals surface area contributed by atoms with Crippen LogP contribution in [0.25, 0.3) is 0 Å². The molecule has 9 heteroatoms. The Morgan fingerprint density at radius 2 is 2.38 bits per heavy atom. The summed E-state index contributed by atoms with van der Waals surface area (Å²) in [5.74, 6) is -0.189. The van der Waals surface area contributed by atoms with Crippen molar-refractivity contribution in [1.29, 1.82) is 0 Å². The fraction of sp³-hybridized carbons (Fsp3) is 0.583. The van der Waals surface area contributed by atoms with Crippen molar-refractivity contribution in [2.75, 3.05) is 32.9 Å². The standard InChI is InChI=1S/C12H18N2O5S2/c15-8-10-9-19-6-5-14(10)11(16)3-4-13-21(17,18)12-2-1-7-20-12/h1-2,7,10,13,15H,3-6,8-9H2. The summed E-state index contributed by atoms with van der Waals surface area (Å²) >= 11 is 1.13. The third kappa shape index (κ3) is 4.24. The van der Waals surface area contributed by atoms with Gasteiger partial charge in [-0.05, 0) is 11.4 Å². The number of hydrogen-bond donors (Lipinski definition) is 2. The van der Waals surface area contributed by atoms with Crippen LogP contribution >= 0.6 is 11.3 Å². The smallest absolute Gasteiger partial charge is 0.250 e. The second kappa shape index (κ2) is 7.32. The first-order valence-corrected chi connectivity index (χ1v) is 8.92. The molecule has 0 bridgehead atoms. The number of thiophene rings is 1. The lowest BCUT2D eigenvalue weighted by Gasteiger charge is -2.34. The molecule has 0 radical (unpaired) electrons. The quantitative estimate of drug-likeness (QED) is 0.740. The third-order valence-electron chi connectivity index (χ3n) is 3.15. The number of carbonyl (C=O) groups excluding carboxylic acids is 1. The van der Waals surface area contributed by atoms with E-state index in [1.807, 2.05) is 0 Å². The van der Waals surface area contributed by atoms with Crippen LogP contribution in [0.5, 0.6) is 0 Å². The van der Waals surface area contributed by atoms with Crippen LogP contribution in [-0.2, 0) is 19.6 Å². The number of aliphatic hydroxyl groups excluding tert-OH is 1. The molecule has 1 amide bonds. The van der Waals surface area contributed by atoms with Gasteiger partial charge < -0.3 is 14.7 Å². The van der Waals surface area contributed by atoms with Crippen LogP contribution in [-0.4, -0.2) is 63.3 Å². The van der Waals surface area contributed by atoms with E-state index in [1.54, 1.807) is 16.3 Å². The van der Waals surface area contributed by atoms with Crippen molar-refractivity contribution in [2.45, 2.75) is 16.7 Å². The van der Waals surface area contributed by atoms with Gasteiger partial charge in [-0.3, -0.25) is 4.79 Å². The van der Waals surface area contributed by atoms with Crippen LogP contribution in [0.15, 0.2) is 21.7 Å². The van der Waals surface area contributed by atoms with Crippen molar-refractivity contribution < 1.29 is 23.1 Å². The van der Waals surface area contributed by atoms with E-state index in [0.717, 1.165) is 11.3 Å². The molecule has 1 aliphatic heterocycles. The number of morpholine rings is 1. The molecule has 1 fully saturated rings. The Morgan fingerprint density at radius 1 is 1.57 bits per heavy atom. The lowest BCUT2D eigenvalue weighted by molar-refractivity contribution is -0.141. The zero-order chi connectivity index (χ0) is 15.3. The van der Waals surface area contributed by atoms with Crippen molar-refractivity contribution in [3.63, 3.8) is 0 Å². The molecule has 1 aromatic rings. The fourth-order valence-electron chi connectivity index (χ4n) is 2.06. The lowest BCUT2D eigenvalue weighted by atomic mass is 10.2. The maximum Gasteiger partial charge on any atom is 0.250 e. The molecule has 2 N–H and O–H groups in total. The number of nitrogens with zero attached hydrogens (tertiary/aromatic N) is 1. The minimum absolute atomic E-state index is 0.0363. The topological polar surface area (TPSA) is 95.9 Å². The maximum absolute atomic E-state index is 12.1. The van der Waals surface area contributed by atoms with Gasteiger partial charge in [0.25, 0.3) is 0 Å². The first kappa shape index (κ1) is 16.4. The number of carbonyl (C=O) groups is 1. The number of sulfonamides is 1. The molecule has 21 heavy (non-hydrogen) atoms. The van der Waals surface area contributed by atoms with Crippen LogP contribution in [0.1, 0.15) is 6.42 Å². The summed E-state index contributed by atoms with van der Waals surface area (Å²) in [4.78, 5) is 13.6. The van der Waals surface area contributed by atoms with Gasteiger partial charge in [0.15, 0.2) is 0 Å². The van der Waals surface area contributed by atoms with Gasteiger partial charge in [-0.1, -0.05) is 6.07 Å². The van der Waals surface area contributed by atoms with Gasteiger partial charge >= 0.3 is 0 Å². The van der Waals surface area contributed by atoms with Gasteiger partial charge in [-0.25, -0.2) is 13.1 Å². The number of ether oxygens (including phenoxy) is 1. The highest BCUT2D eigenvalue weighted by Gasteiger charge is 2.26. The Balaban J connectivity index is 1.84. The first-order valence-electron chi connectivity index (χ1n) is 6.56. The van der Waals surface area contributed by atoms with E-state index >= 15 is 0 Å². The average Bonchev–Trinajstić information content (AvgIpc) is 3.02. The number of rotatable bonds is 6. The van der Waals surface area contributed by atoms with E-state index in [4.69, 9.17) is 4.74 Å². The predicted molar refractivity (Wildman–Crippen MR) is 77.5 cm³/mol. The van der Waals surface area contributed by atoms with E-state index in [-0.39, 0.29) is 35.7 Å². The second-order valence-corrected chi connectivity index (χ2v) is 7.52. The predicted octanol–water partition coefficient (Wildman–Crippen LogP) is -0.364. The first-order chi connectivity index (χ1) is 10.0. The number of aliphatic hydroxyl groups is 1. The van der Waals surface area contributed by atoms with Gasteiger partial charge in [0.1, 0.15) is 4.21 Å². The Hall–Kier alpha value is -1.00. The zero-order valence-corrected chi connectivity index (χ0v) is 13.0. The molecule has 0 spiro atoms. The van der Waals surface area contributed by atoms with E-state index in [9.17, 15) is 18.3 Å². The molecule has 118 valence electrons. The van der Waals surface area contributed by atoms with Gasteiger partial charge in [0.05, 0.1) is 25.9 Å². The van der Waals surface area contributed by atoms with Gasteiger partial charge in [-0.2, -0.15) is 0 Å². The summed E-state index contributed by atoms with van der Waals surface area (Å²) in [5, 5.41) is 10.9. The van der Waals surface area contributed by atoms with E-state index < -0.39 is 10.0 Å².